The van der Waals surface area contributed by atoms with Gasteiger partial charge in [-0.25, -0.2) is 24.9 Å². The number of aromatic nitrogens is 7. The van der Waals surface area contributed by atoms with E-state index in [9.17, 15) is 5.11 Å². The van der Waals surface area contributed by atoms with E-state index in [0.29, 0.717) is 40.1 Å². The molecular weight excluding hydrogens is 703 g/mol. The summed E-state index contributed by atoms with van der Waals surface area (Å²) in [5, 5.41) is 13.9. The minimum Gasteiger partial charge on any atom is -0.495 e. The third kappa shape index (κ3) is 5.79. The maximum absolute atomic E-state index is 9.62. The predicted molar refractivity (Wildman–Crippen MR) is 215 cm³/mol. The van der Waals surface area contributed by atoms with Crippen LogP contribution in [0.25, 0.3) is 66.6 Å². The van der Waals surface area contributed by atoms with Gasteiger partial charge in [-0.05, 0) is 72.3 Å². The fourth-order valence-corrected chi connectivity index (χ4v) is 7.27. The third-order valence-corrected chi connectivity index (χ3v) is 9.80. The van der Waals surface area contributed by atoms with E-state index in [1.807, 2.05) is 91.0 Å². The van der Waals surface area contributed by atoms with Crippen molar-refractivity contribution in [3.05, 3.63) is 158 Å². The molecule has 1 N–H and O–H groups in total. The molecule has 0 aliphatic heterocycles. The molecule has 56 heavy (non-hydrogen) atoms. The Morgan fingerprint density at radius 2 is 1.04 bits per heavy atom. The van der Waals surface area contributed by atoms with Gasteiger partial charge in [-0.1, -0.05) is 42.5 Å². The quantitative estimate of drug-likeness (QED) is 0.155. The Hall–Kier alpha value is -7.63. The van der Waals surface area contributed by atoms with Crippen LogP contribution in [0.5, 0.6) is 28.7 Å². The number of benzene rings is 5. The first-order valence-electron chi connectivity index (χ1n) is 17.9. The van der Waals surface area contributed by atoms with Gasteiger partial charge in [-0.2, -0.15) is 0 Å². The minimum absolute atomic E-state index is 0.0753. The summed E-state index contributed by atoms with van der Waals surface area (Å²) in [6.45, 7) is -0.0753. The summed E-state index contributed by atoms with van der Waals surface area (Å²) >= 11 is 0. The Labute approximate surface area is 319 Å². The van der Waals surface area contributed by atoms with Crippen LogP contribution in [0.2, 0.25) is 0 Å². The van der Waals surface area contributed by atoms with E-state index in [1.165, 1.54) is 12.7 Å². The lowest BCUT2D eigenvalue weighted by Crippen LogP contribution is -1.98. The molecule has 0 spiro atoms. The van der Waals surface area contributed by atoms with Crippen LogP contribution in [-0.4, -0.2) is 46.3 Å². The second-order valence-electron chi connectivity index (χ2n) is 13.2. The molecule has 270 valence electrons. The van der Waals surface area contributed by atoms with Crippen LogP contribution in [0, 0.1) is 0 Å². The van der Waals surface area contributed by atoms with E-state index in [4.69, 9.17) is 19.2 Å². The standard InChI is InChI=1S/C45H31N7O4/c1-54-32-13-17-44(48-24-32)52-40-9-5-3-7-36(40)38-15-12-31(22-42(38)52)56-34-19-29(45-49-26-46-27-50-45)18-33(20-34)55-30-11-14-37-35-6-2-4-8-39(35)51(41(37)21-30)43-16-10-28(25-53)23-47-43/h2-24,26-27,53H,25H2,1H3. The maximum atomic E-state index is 9.62. The van der Waals surface area contributed by atoms with Crippen molar-refractivity contribution in [2.24, 2.45) is 0 Å². The summed E-state index contributed by atoms with van der Waals surface area (Å²) in [5.74, 6) is 4.96. The highest BCUT2D eigenvalue weighted by molar-refractivity contribution is 6.10. The largest absolute Gasteiger partial charge is 0.495 e. The number of pyridine rings is 2. The maximum Gasteiger partial charge on any atom is 0.162 e. The normalized spacial score (nSPS) is 11.5. The molecule has 11 heteroatoms. The lowest BCUT2D eigenvalue weighted by atomic mass is 10.1. The molecule has 0 fully saturated rings. The highest BCUT2D eigenvalue weighted by Crippen LogP contribution is 2.39. The number of aliphatic hydroxyl groups is 1. The molecule has 10 rings (SSSR count). The van der Waals surface area contributed by atoms with E-state index in [2.05, 4.69) is 65.5 Å². The van der Waals surface area contributed by atoms with Gasteiger partial charge in [-0.3, -0.25) is 9.13 Å². The van der Waals surface area contributed by atoms with Crippen molar-refractivity contribution in [1.82, 2.24) is 34.1 Å². The van der Waals surface area contributed by atoms with Crippen LogP contribution in [0.15, 0.2) is 152 Å². The number of aliphatic hydroxyl groups excluding tert-OH is 1. The number of rotatable bonds is 9. The van der Waals surface area contributed by atoms with Crippen molar-refractivity contribution in [2.45, 2.75) is 6.61 Å². The summed E-state index contributed by atoms with van der Waals surface area (Å²) < 4.78 is 22.8. The lowest BCUT2D eigenvalue weighted by Gasteiger charge is -2.13. The Morgan fingerprint density at radius 3 is 1.55 bits per heavy atom. The SMILES string of the molecule is COc1ccc(-n2c3ccccc3c3ccc(Oc4cc(Oc5ccc6c7ccccc7n(-c7ccc(CO)cn7)c6c5)cc(-c5ncncn5)c4)cc32)nc1. The second kappa shape index (κ2) is 13.7. The van der Waals surface area contributed by atoms with Gasteiger partial charge in [0.15, 0.2) is 5.82 Å². The van der Waals surface area contributed by atoms with Crippen molar-refractivity contribution in [3.63, 3.8) is 0 Å². The second-order valence-corrected chi connectivity index (χ2v) is 13.2. The van der Waals surface area contributed by atoms with Gasteiger partial charge >= 0.3 is 0 Å². The van der Waals surface area contributed by atoms with Gasteiger partial charge in [0.2, 0.25) is 0 Å². The smallest absolute Gasteiger partial charge is 0.162 e. The summed E-state index contributed by atoms with van der Waals surface area (Å²) in [7, 11) is 1.63. The summed E-state index contributed by atoms with van der Waals surface area (Å²) in [6.07, 6.45) is 6.33. The summed E-state index contributed by atoms with van der Waals surface area (Å²) in [4.78, 5) is 22.2. The lowest BCUT2D eigenvalue weighted by molar-refractivity contribution is 0.281. The van der Waals surface area contributed by atoms with E-state index >= 15 is 0 Å². The van der Waals surface area contributed by atoms with Crippen molar-refractivity contribution in [2.75, 3.05) is 7.11 Å². The number of hydrogen-bond donors (Lipinski definition) is 1. The van der Waals surface area contributed by atoms with Gasteiger partial charge in [0.1, 0.15) is 53.0 Å². The van der Waals surface area contributed by atoms with Gasteiger partial charge in [0.05, 0.1) is 42.0 Å². The molecule has 0 saturated heterocycles. The number of nitrogens with zero attached hydrogens (tertiary/aromatic N) is 7. The number of methoxy groups -OCH3 is 1. The zero-order valence-corrected chi connectivity index (χ0v) is 29.9. The third-order valence-electron chi connectivity index (χ3n) is 9.80. The molecule has 0 aliphatic carbocycles. The van der Waals surface area contributed by atoms with E-state index in [0.717, 1.165) is 60.8 Å². The van der Waals surface area contributed by atoms with Crippen LogP contribution in [0.3, 0.4) is 0 Å². The minimum atomic E-state index is -0.0753. The van der Waals surface area contributed by atoms with Crippen molar-refractivity contribution >= 4 is 43.6 Å². The number of para-hydroxylation sites is 2. The molecule has 5 aromatic heterocycles. The van der Waals surface area contributed by atoms with Crippen LogP contribution in [0.4, 0.5) is 0 Å². The van der Waals surface area contributed by atoms with E-state index in [-0.39, 0.29) is 6.61 Å². The predicted octanol–water partition coefficient (Wildman–Crippen LogP) is 9.61. The van der Waals surface area contributed by atoms with E-state index in [1.54, 1.807) is 19.5 Å². The molecule has 0 bridgehead atoms. The molecule has 0 saturated carbocycles. The molecule has 10 aromatic rings. The highest BCUT2D eigenvalue weighted by Gasteiger charge is 2.17. The van der Waals surface area contributed by atoms with Crippen LogP contribution in [-0.2, 0) is 6.61 Å². The monoisotopic (exact) mass is 733 g/mol. The zero-order valence-electron chi connectivity index (χ0n) is 29.9. The Balaban J connectivity index is 1.06. The molecule has 0 radical (unpaired) electrons. The Kier molecular flexibility index (Phi) is 8.04. The summed E-state index contributed by atoms with van der Waals surface area (Å²) in [6, 6.07) is 41.8. The van der Waals surface area contributed by atoms with Crippen molar-refractivity contribution < 1.29 is 19.3 Å². The molecule has 0 aliphatic rings. The van der Waals surface area contributed by atoms with Crippen molar-refractivity contribution in [1.29, 1.82) is 0 Å². The van der Waals surface area contributed by atoms with Gasteiger partial charge in [0.25, 0.3) is 0 Å². The molecule has 5 aromatic carbocycles. The molecule has 0 unspecified atom stereocenters. The Morgan fingerprint density at radius 1 is 0.500 bits per heavy atom. The number of ether oxygens (including phenoxy) is 3. The molecule has 5 heterocycles. The first-order valence-corrected chi connectivity index (χ1v) is 17.9. The summed E-state index contributed by atoms with van der Waals surface area (Å²) in [5.41, 5.74) is 5.34. The average molecular weight is 734 g/mol. The van der Waals surface area contributed by atoms with Crippen LogP contribution in [0.1, 0.15) is 5.56 Å². The van der Waals surface area contributed by atoms with Crippen molar-refractivity contribution in [3.8, 4) is 51.8 Å². The topological polar surface area (TPSA) is 122 Å². The van der Waals surface area contributed by atoms with E-state index < -0.39 is 0 Å². The zero-order chi connectivity index (χ0) is 37.6. The molecular formula is C45H31N7O4. The number of fused-ring (bicyclic) bond motifs is 6. The first-order chi connectivity index (χ1) is 27.6. The van der Waals surface area contributed by atoms with Gasteiger partial charge < -0.3 is 19.3 Å². The fourth-order valence-electron chi connectivity index (χ4n) is 7.27. The first kappa shape index (κ1) is 33.0. The highest BCUT2D eigenvalue weighted by atomic mass is 16.5. The van der Waals surface area contributed by atoms with Crippen LogP contribution >= 0.6 is 0 Å². The van der Waals surface area contributed by atoms with Gasteiger partial charge in [0, 0.05) is 51.5 Å². The average Bonchev–Trinajstić information content (AvgIpc) is 3.76. The number of hydrogen-bond acceptors (Lipinski definition) is 9. The fraction of sp³-hybridized carbons (Fsp3) is 0.0444. The van der Waals surface area contributed by atoms with Gasteiger partial charge in [-0.15, -0.1) is 0 Å². The molecule has 11 nitrogen and oxygen atoms in total. The molecule has 0 atom stereocenters. The molecule has 0 amide bonds. The Bertz CT molecular complexity index is 2870. The van der Waals surface area contributed by atoms with Crippen LogP contribution < -0.4 is 14.2 Å².